The molecule has 0 saturated carbocycles. The van der Waals surface area contributed by atoms with E-state index >= 15 is 0 Å². The van der Waals surface area contributed by atoms with E-state index in [1.807, 2.05) is 6.92 Å². The molecular weight excluding hydrogens is 260 g/mol. The number of nitrogens with two attached hydrogens (primary N) is 1. The lowest BCUT2D eigenvalue weighted by Crippen LogP contribution is -2.34. The van der Waals surface area contributed by atoms with Crippen molar-refractivity contribution in [1.82, 2.24) is 14.5 Å². The van der Waals surface area contributed by atoms with Gasteiger partial charge in [0, 0.05) is 24.7 Å². The molecule has 1 aromatic rings. The normalized spacial score (nSPS) is 18.1. The maximum atomic E-state index is 10.9. The summed E-state index contributed by atoms with van der Waals surface area (Å²) >= 11 is 0. The molecule has 2 rings (SSSR count). The average Bonchev–Trinajstić information content (AvgIpc) is 2.82. The molecular formula is C12H16N6O2. The summed E-state index contributed by atoms with van der Waals surface area (Å²) in [5, 5.41) is 10.9. The third-order valence-corrected chi connectivity index (χ3v) is 2.78. The largest absolute Gasteiger partial charge is 0.358 e. The molecule has 2 N–H and O–H groups in total. The number of allylic oxidation sites excluding steroid dienone is 1. The molecule has 0 amide bonds. The lowest BCUT2D eigenvalue weighted by molar-refractivity contribution is -0.392. The number of hydrogen-bond acceptors (Lipinski definition) is 6. The fourth-order valence-electron chi connectivity index (χ4n) is 1.84. The summed E-state index contributed by atoms with van der Waals surface area (Å²) in [6.07, 6.45) is 10.1. The Labute approximate surface area is 116 Å². The highest BCUT2D eigenvalue weighted by Gasteiger charge is 2.18. The molecule has 20 heavy (non-hydrogen) atoms. The summed E-state index contributed by atoms with van der Waals surface area (Å²) in [5.41, 5.74) is 5.78. The number of imidazole rings is 1. The molecule has 0 aliphatic carbocycles. The highest BCUT2D eigenvalue weighted by molar-refractivity contribution is 5.72. The van der Waals surface area contributed by atoms with Crippen LogP contribution in [0.15, 0.2) is 29.7 Å². The first-order valence-electron chi connectivity index (χ1n) is 6.24. The van der Waals surface area contributed by atoms with Crippen LogP contribution in [0.5, 0.6) is 0 Å². The Morgan fingerprint density at radius 3 is 3.05 bits per heavy atom. The van der Waals surface area contributed by atoms with Gasteiger partial charge in [0.2, 0.25) is 5.82 Å². The summed E-state index contributed by atoms with van der Waals surface area (Å²) in [6.45, 7) is 2.49. The zero-order valence-corrected chi connectivity index (χ0v) is 11.1. The van der Waals surface area contributed by atoms with E-state index in [0.29, 0.717) is 12.4 Å². The Morgan fingerprint density at radius 1 is 1.60 bits per heavy atom. The minimum atomic E-state index is -0.485. The van der Waals surface area contributed by atoms with Crippen molar-refractivity contribution in [3.05, 3.63) is 40.6 Å². The van der Waals surface area contributed by atoms with Crippen molar-refractivity contribution in [1.29, 1.82) is 0 Å². The minimum absolute atomic E-state index is 0.0111. The molecule has 0 radical (unpaired) electrons. The SMILES string of the molecule is CCCn1c([N+](=O)[O-])cnc1C=CN1C=CC=NC1N. The van der Waals surface area contributed by atoms with Crippen LogP contribution in [0.1, 0.15) is 19.2 Å². The number of rotatable bonds is 5. The highest BCUT2D eigenvalue weighted by Crippen LogP contribution is 2.16. The molecule has 0 saturated heterocycles. The fourth-order valence-corrected chi connectivity index (χ4v) is 1.84. The molecule has 8 nitrogen and oxygen atoms in total. The Morgan fingerprint density at radius 2 is 2.40 bits per heavy atom. The number of aliphatic imine (C=N–C) groups is 1. The lowest BCUT2D eigenvalue weighted by atomic mass is 10.4. The van der Waals surface area contributed by atoms with Crippen LogP contribution in [0.4, 0.5) is 5.82 Å². The monoisotopic (exact) mass is 276 g/mol. The Kier molecular flexibility index (Phi) is 4.26. The van der Waals surface area contributed by atoms with E-state index in [-0.39, 0.29) is 5.82 Å². The van der Waals surface area contributed by atoms with Crippen molar-refractivity contribution in [3.63, 3.8) is 0 Å². The molecule has 1 aliphatic heterocycles. The first-order chi connectivity index (χ1) is 9.63. The van der Waals surface area contributed by atoms with Crippen molar-refractivity contribution in [2.45, 2.75) is 26.2 Å². The van der Waals surface area contributed by atoms with Crippen molar-refractivity contribution in [3.8, 4) is 0 Å². The van der Waals surface area contributed by atoms with Crippen molar-refractivity contribution < 1.29 is 4.92 Å². The second kappa shape index (κ2) is 6.11. The maximum absolute atomic E-state index is 10.9. The topological polar surface area (TPSA) is 103 Å². The zero-order chi connectivity index (χ0) is 14.5. The van der Waals surface area contributed by atoms with Gasteiger partial charge >= 0.3 is 5.82 Å². The standard InChI is InChI=1S/C12H16N6O2/c1-2-6-17-10(15-9-11(17)18(19)20)4-8-16-7-3-5-14-12(16)13/h3-5,7-9,12H,2,6,13H2,1H3. The molecule has 1 atom stereocenters. The fraction of sp³-hybridized carbons (Fsp3) is 0.333. The average molecular weight is 276 g/mol. The number of hydrogen-bond donors (Lipinski definition) is 1. The van der Waals surface area contributed by atoms with Gasteiger partial charge in [-0.05, 0) is 17.4 Å². The molecule has 1 aromatic heterocycles. The van der Waals surface area contributed by atoms with Crippen LogP contribution in [0, 0.1) is 10.1 Å². The minimum Gasteiger partial charge on any atom is -0.358 e. The summed E-state index contributed by atoms with van der Waals surface area (Å²) in [4.78, 5) is 20.3. The van der Waals surface area contributed by atoms with Gasteiger partial charge in [-0.2, -0.15) is 0 Å². The van der Waals surface area contributed by atoms with Gasteiger partial charge < -0.3 is 15.0 Å². The Hall–Kier alpha value is -2.48. The first-order valence-corrected chi connectivity index (χ1v) is 6.24. The van der Waals surface area contributed by atoms with Gasteiger partial charge in [-0.25, -0.2) is 9.55 Å². The first kappa shape index (κ1) is 13.9. The van der Waals surface area contributed by atoms with E-state index in [1.54, 1.807) is 40.2 Å². The molecule has 8 heteroatoms. The third kappa shape index (κ3) is 2.91. The summed E-state index contributed by atoms with van der Waals surface area (Å²) in [7, 11) is 0. The Balaban J connectivity index is 2.22. The molecule has 1 aliphatic rings. The van der Waals surface area contributed by atoms with Crippen molar-refractivity contribution >= 4 is 18.1 Å². The van der Waals surface area contributed by atoms with Crippen LogP contribution in [-0.2, 0) is 6.54 Å². The lowest BCUT2D eigenvalue weighted by Gasteiger charge is -2.21. The second-order valence-corrected chi connectivity index (χ2v) is 4.20. The summed E-state index contributed by atoms with van der Waals surface area (Å²) < 4.78 is 1.57. The number of aromatic nitrogens is 2. The molecule has 2 heterocycles. The zero-order valence-electron chi connectivity index (χ0n) is 11.1. The van der Waals surface area contributed by atoms with Crippen LogP contribution < -0.4 is 5.73 Å². The van der Waals surface area contributed by atoms with E-state index in [2.05, 4.69) is 9.98 Å². The molecule has 0 bridgehead atoms. The molecule has 0 spiro atoms. The quantitative estimate of drug-likeness (QED) is 0.645. The number of nitro groups is 1. The van der Waals surface area contributed by atoms with Crippen LogP contribution in [0.3, 0.4) is 0 Å². The van der Waals surface area contributed by atoms with Gasteiger partial charge in [0.1, 0.15) is 6.20 Å². The van der Waals surface area contributed by atoms with Gasteiger partial charge in [0.05, 0.1) is 6.54 Å². The molecule has 0 aromatic carbocycles. The van der Waals surface area contributed by atoms with Crippen LogP contribution in [0.25, 0.3) is 6.08 Å². The highest BCUT2D eigenvalue weighted by atomic mass is 16.6. The van der Waals surface area contributed by atoms with Crippen LogP contribution >= 0.6 is 0 Å². The molecule has 1 unspecified atom stereocenters. The van der Waals surface area contributed by atoms with Crippen LogP contribution in [-0.4, -0.2) is 31.9 Å². The van der Waals surface area contributed by atoms with Gasteiger partial charge in [0.25, 0.3) is 0 Å². The van der Waals surface area contributed by atoms with Crippen molar-refractivity contribution in [2.75, 3.05) is 0 Å². The van der Waals surface area contributed by atoms with Crippen molar-refractivity contribution in [2.24, 2.45) is 10.7 Å². The summed E-state index contributed by atoms with van der Waals surface area (Å²) in [5.74, 6) is 0.511. The van der Waals surface area contributed by atoms with E-state index in [1.165, 1.54) is 6.20 Å². The van der Waals surface area contributed by atoms with E-state index in [9.17, 15) is 10.1 Å². The van der Waals surface area contributed by atoms with E-state index in [4.69, 9.17) is 5.73 Å². The van der Waals surface area contributed by atoms with E-state index < -0.39 is 11.2 Å². The number of nitrogens with zero attached hydrogens (tertiary/aromatic N) is 5. The Bertz CT molecular complexity index is 575. The second-order valence-electron chi connectivity index (χ2n) is 4.20. The molecule has 0 fully saturated rings. The maximum Gasteiger partial charge on any atom is 0.343 e. The van der Waals surface area contributed by atoms with Gasteiger partial charge in [-0.15, -0.1) is 0 Å². The predicted molar refractivity (Wildman–Crippen MR) is 75.7 cm³/mol. The third-order valence-electron chi connectivity index (χ3n) is 2.78. The smallest absolute Gasteiger partial charge is 0.343 e. The van der Waals surface area contributed by atoms with E-state index in [0.717, 1.165) is 6.42 Å². The van der Waals surface area contributed by atoms with Gasteiger partial charge in [-0.3, -0.25) is 10.7 Å². The predicted octanol–water partition coefficient (Wildman–Crippen LogP) is 1.31. The van der Waals surface area contributed by atoms with Gasteiger partial charge in [-0.1, -0.05) is 6.92 Å². The van der Waals surface area contributed by atoms with Crippen LogP contribution in [0.2, 0.25) is 0 Å². The van der Waals surface area contributed by atoms with Gasteiger partial charge in [0.15, 0.2) is 6.29 Å². The summed E-state index contributed by atoms with van der Waals surface area (Å²) in [6, 6.07) is 0. The molecule has 106 valence electrons.